The fourth-order valence-electron chi connectivity index (χ4n) is 3.32. The van der Waals surface area contributed by atoms with E-state index in [-0.39, 0.29) is 18.3 Å². The minimum absolute atomic E-state index is 0. The van der Waals surface area contributed by atoms with Crippen molar-refractivity contribution in [1.29, 1.82) is 0 Å². The maximum absolute atomic E-state index is 12.3. The average Bonchev–Trinajstić information content (AvgIpc) is 3.23. The third-order valence-electron chi connectivity index (χ3n) is 4.64. The lowest BCUT2D eigenvalue weighted by atomic mass is 9.94. The van der Waals surface area contributed by atoms with Crippen molar-refractivity contribution < 1.29 is 4.79 Å². The number of nitrogens with zero attached hydrogens (tertiary/aromatic N) is 7. The molecule has 1 aliphatic heterocycles. The minimum Gasteiger partial charge on any atom is -0.341 e. The highest BCUT2D eigenvalue weighted by atomic mass is 35.5. The van der Waals surface area contributed by atoms with Crippen LogP contribution in [-0.4, -0.2) is 59.0 Å². The highest BCUT2D eigenvalue weighted by molar-refractivity contribution is 5.85. The van der Waals surface area contributed by atoms with Crippen molar-refractivity contribution in [2.45, 2.75) is 58.2 Å². The summed E-state index contributed by atoms with van der Waals surface area (Å²) in [5.74, 6) is 2.19. The number of halogens is 1. The number of aromatic nitrogens is 6. The average molecular weight is 383 g/mol. The Hall–Kier alpha value is -2.00. The van der Waals surface area contributed by atoms with E-state index in [1.807, 2.05) is 4.90 Å². The fourth-order valence-corrected chi connectivity index (χ4v) is 3.32. The monoisotopic (exact) mass is 382 g/mol. The second kappa shape index (κ2) is 8.13. The highest BCUT2D eigenvalue weighted by Gasteiger charge is 2.32. The van der Waals surface area contributed by atoms with Crippen molar-refractivity contribution in [2.24, 2.45) is 5.73 Å². The molecule has 2 N–H and O–H groups in total. The van der Waals surface area contributed by atoms with Gasteiger partial charge in [0.2, 0.25) is 5.91 Å². The molecule has 1 saturated heterocycles. The summed E-state index contributed by atoms with van der Waals surface area (Å²) in [6, 6.07) is 0. The molecule has 1 aliphatic rings. The van der Waals surface area contributed by atoms with Crippen molar-refractivity contribution in [2.75, 3.05) is 13.1 Å². The van der Waals surface area contributed by atoms with Crippen LogP contribution in [0.1, 0.15) is 51.2 Å². The van der Waals surface area contributed by atoms with E-state index in [4.69, 9.17) is 5.73 Å². The summed E-state index contributed by atoms with van der Waals surface area (Å²) in [6.45, 7) is 8.38. The zero-order valence-corrected chi connectivity index (χ0v) is 16.3. The van der Waals surface area contributed by atoms with Gasteiger partial charge in [0.15, 0.2) is 5.82 Å². The van der Waals surface area contributed by atoms with Gasteiger partial charge in [0.1, 0.15) is 25.0 Å². The third kappa shape index (κ3) is 4.21. The van der Waals surface area contributed by atoms with E-state index in [2.05, 4.69) is 31.8 Å². The molecule has 3 heterocycles. The van der Waals surface area contributed by atoms with Gasteiger partial charge in [-0.1, -0.05) is 0 Å². The first kappa shape index (κ1) is 20.3. The van der Waals surface area contributed by atoms with Gasteiger partial charge in [-0.2, -0.15) is 5.10 Å². The van der Waals surface area contributed by atoms with Crippen molar-refractivity contribution in [1.82, 2.24) is 34.4 Å². The molecule has 3 rings (SSSR count). The molecule has 144 valence electrons. The van der Waals surface area contributed by atoms with E-state index in [0.29, 0.717) is 25.6 Å². The van der Waals surface area contributed by atoms with Crippen molar-refractivity contribution >= 4 is 18.3 Å². The van der Waals surface area contributed by atoms with Crippen LogP contribution in [-0.2, 0) is 17.9 Å². The van der Waals surface area contributed by atoms with Gasteiger partial charge in [0.05, 0.1) is 5.54 Å². The molecule has 1 amide bonds. The molecule has 0 unspecified atom stereocenters. The second-order valence-corrected chi connectivity index (χ2v) is 7.10. The van der Waals surface area contributed by atoms with E-state index in [1.165, 1.54) is 6.33 Å². The standard InChI is InChI=1S/C16H26N8O.ClH/c1-4-24-13(9-23-11-18-10-19-23)20-21-14(24)12-5-7-22(8-6-12)15(25)16(2,3)17;/h10-12H,4-9,17H2,1-3H3;1H. The number of hydrogen-bond acceptors (Lipinski definition) is 6. The van der Waals surface area contributed by atoms with Crippen LogP contribution in [0.5, 0.6) is 0 Å². The van der Waals surface area contributed by atoms with Crippen LogP contribution < -0.4 is 5.73 Å². The summed E-state index contributed by atoms with van der Waals surface area (Å²) >= 11 is 0. The van der Waals surface area contributed by atoms with Crippen molar-refractivity contribution in [3.63, 3.8) is 0 Å². The number of rotatable bonds is 5. The molecule has 0 radical (unpaired) electrons. The van der Waals surface area contributed by atoms with Crippen molar-refractivity contribution in [3.05, 3.63) is 24.3 Å². The molecule has 26 heavy (non-hydrogen) atoms. The first-order valence-corrected chi connectivity index (χ1v) is 8.72. The van der Waals surface area contributed by atoms with Gasteiger partial charge >= 0.3 is 0 Å². The lowest BCUT2D eigenvalue weighted by Gasteiger charge is -2.35. The molecule has 1 fully saturated rings. The summed E-state index contributed by atoms with van der Waals surface area (Å²) in [4.78, 5) is 18.1. The molecule has 10 heteroatoms. The van der Waals surface area contributed by atoms with Crippen LogP contribution in [0.2, 0.25) is 0 Å². The molecule has 9 nitrogen and oxygen atoms in total. The van der Waals surface area contributed by atoms with Gasteiger partial charge in [-0.3, -0.25) is 4.79 Å². The predicted octanol–water partition coefficient (Wildman–Crippen LogP) is 0.803. The quantitative estimate of drug-likeness (QED) is 0.819. The zero-order valence-electron chi connectivity index (χ0n) is 15.5. The van der Waals surface area contributed by atoms with Gasteiger partial charge in [-0.15, -0.1) is 22.6 Å². The molecule has 0 aliphatic carbocycles. The van der Waals surface area contributed by atoms with E-state index >= 15 is 0 Å². The molecule has 0 spiro atoms. The Kier molecular flexibility index (Phi) is 6.35. The Balaban J connectivity index is 0.00000243. The lowest BCUT2D eigenvalue weighted by molar-refractivity contribution is -0.136. The number of carbonyl (C=O) groups excluding carboxylic acids is 1. The molecule has 0 bridgehead atoms. The van der Waals surface area contributed by atoms with Crippen molar-refractivity contribution in [3.8, 4) is 0 Å². The number of nitrogens with two attached hydrogens (primary N) is 1. The summed E-state index contributed by atoms with van der Waals surface area (Å²) < 4.78 is 3.89. The first-order valence-electron chi connectivity index (χ1n) is 8.72. The van der Waals surface area contributed by atoms with Crippen LogP contribution in [0, 0.1) is 0 Å². The second-order valence-electron chi connectivity index (χ2n) is 7.10. The Morgan fingerprint density at radius 2 is 2.00 bits per heavy atom. The van der Waals surface area contributed by atoms with E-state index in [0.717, 1.165) is 31.0 Å². The normalized spacial score (nSPS) is 15.8. The Bertz CT molecular complexity index is 713. The first-order chi connectivity index (χ1) is 11.9. The van der Waals surface area contributed by atoms with Gasteiger partial charge in [0, 0.05) is 25.6 Å². The molecular weight excluding hydrogens is 356 g/mol. The summed E-state index contributed by atoms with van der Waals surface area (Å²) in [7, 11) is 0. The smallest absolute Gasteiger partial charge is 0.242 e. The van der Waals surface area contributed by atoms with Gasteiger partial charge in [-0.05, 0) is 33.6 Å². The topological polar surface area (TPSA) is 108 Å². The maximum atomic E-state index is 12.3. The number of amides is 1. The van der Waals surface area contributed by atoms with Gasteiger partial charge in [-0.25, -0.2) is 9.67 Å². The predicted molar refractivity (Wildman–Crippen MR) is 98.9 cm³/mol. The fraction of sp³-hybridized carbons (Fsp3) is 0.688. The largest absolute Gasteiger partial charge is 0.341 e. The number of hydrogen-bond donors (Lipinski definition) is 1. The van der Waals surface area contributed by atoms with Crippen LogP contribution in [0.4, 0.5) is 0 Å². The van der Waals surface area contributed by atoms with Crippen LogP contribution in [0.3, 0.4) is 0 Å². The molecule has 2 aromatic heterocycles. The molecule has 0 atom stereocenters. The third-order valence-corrected chi connectivity index (χ3v) is 4.64. The van der Waals surface area contributed by atoms with Crippen LogP contribution >= 0.6 is 12.4 Å². The van der Waals surface area contributed by atoms with E-state index < -0.39 is 5.54 Å². The highest BCUT2D eigenvalue weighted by Crippen LogP contribution is 2.28. The molecule has 0 aromatic carbocycles. The molecule has 2 aromatic rings. The molecular formula is C16H27ClN8O. The van der Waals surface area contributed by atoms with E-state index in [1.54, 1.807) is 24.9 Å². The van der Waals surface area contributed by atoms with Crippen LogP contribution in [0.25, 0.3) is 0 Å². The Labute approximate surface area is 159 Å². The van der Waals surface area contributed by atoms with E-state index in [9.17, 15) is 4.79 Å². The zero-order chi connectivity index (χ0) is 18.0. The van der Waals surface area contributed by atoms with Gasteiger partial charge in [0.25, 0.3) is 0 Å². The minimum atomic E-state index is -0.818. The number of piperidine rings is 1. The summed E-state index contributed by atoms with van der Waals surface area (Å²) in [5.41, 5.74) is 5.12. The Morgan fingerprint density at radius 1 is 1.31 bits per heavy atom. The number of likely N-dealkylation sites (tertiary alicyclic amines) is 1. The Morgan fingerprint density at radius 3 is 2.54 bits per heavy atom. The summed E-state index contributed by atoms with van der Waals surface area (Å²) in [6.07, 6.45) is 4.94. The summed E-state index contributed by atoms with van der Waals surface area (Å²) in [5, 5.41) is 12.9. The van der Waals surface area contributed by atoms with Crippen LogP contribution in [0.15, 0.2) is 12.7 Å². The number of carbonyl (C=O) groups is 1. The SMILES string of the molecule is CCn1c(Cn2cncn2)nnc1C1CCN(C(=O)C(C)(C)N)CC1.Cl. The van der Waals surface area contributed by atoms with Gasteiger partial charge < -0.3 is 15.2 Å². The maximum Gasteiger partial charge on any atom is 0.242 e. The lowest BCUT2D eigenvalue weighted by Crippen LogP contribution is -2.53. The molecule has 0 saturated carbocycles.